The summed E-state index contributed by atoms with van der Waals surface area (Å²) in [4.78, 5) is 30.7. The van der Waals surface area contributed by atoms with Crippen molar-refractivity contribution in [3.05, 3.63) is 70.8 Å². The third-order valence-corrected chi connectivity index (χ3v) is 6.04. The zero-order valence-corrected chi connectivity index (χ0v) is 19.7. The van der Waals surface area contributed by atoms with E-state index in [4.69, 9.17) is 5.73 Å². The summed E-state index contributed by atoms with van der Waals surface area (Å²) in [6.07, 6.45) is 3.37. The molecule has 0 unspecified atom stereocenters. The van der Waals surface area contributed by atoms with Crippen molar-refractivity contribution < 1.29 is 9.59 Å². The normalized spacial score (nSPS) is 16.7. The van der Waals surface area contributed by atoms with Gasteiger partial charge in [0.25, 0.3) is 5.91 Å². The molecule has 0 saturated carbocycles. The number of fused-ring (bicyclic) bond motifs is 1. The second kappa shape index (κ2) is 10.9. The van der Waals surface area contributed by atoms with Gasteiger partial charge in [0.05, 0.1) is 11.1 Å². The molecule has 2 aromatic carbocycles. The molecule has 0 aromatic heterocycles. The van der Waals surface area contributed by atoms with E-state index in [1.807, 2.05) is 15.9 Å². The lowest BCUT2D eigenvalue weighted by molar-refractivity contribution is 0.0753. The van der Waals surface area contributed by atoms with E-state index in [1.54, 1.807) is 12.1 Å². The van der Waals surface area contributed by atoms with Crippen LogP contribution >= 0.6 is 22.6 Å². The van der Waals surface area contributed by atoms with E-state index < -0.39 is 5.91 Å². The van der Waals surface area contributed by atoms with Crippen LogP contribution in [0.3, 0.4) is 0 Å². The van der Waals surface area contributed by atoms with Crippen LogP contribution in [0.15, 0.2) is 48.5 Å². The molecular weight excluding hydrogens is 489 g/mol. The number of likely N-dealkylation sites (tertiary alicyclic amines) is 1. The highest BCUT2D eigenvalue weighted by Gasteiger charge is 2.31. The Morgan fingerprint density at radius 2 is 1.77 bits per heavy atom. The number of rotatable bonds is 6. The Bertz CT molecular complexity index is 864. The molecule has 0 bridgehead atoms. The Labute approximate surface area is 192 Å². The van der Waals surface area contributed by atoms with Gasteiger partial charge in [0.2, 0.25) is 5.91 Å². The third-order valence-electron chi connectivity index (χ3n) is 6.04. The molecule has 6 heteroatoms. The molecule has 1 fully saturated rings. The first-order valence-electron chi connectivity index (χ1n) is 10.5. The molecule has 160 valence electrons. The number of alkyl halides is 1. The number of carbonyl (C=O) groups is 2. The Balaban J connectivity index is 0.00000124. The first-order valence-corrected chi connectivity index (χ1v) is 12.6. The second-order valence-electron chi connectivity index (χ2n) is 7.92. The van der Waals surface area contributed by atoms with Crippen molar-refractivity contribution >= 4 is 34.4 Å². The van der Waals surface area contributed by atoms with E-state index in [0.717, 1.165) is 38.2 Å². The minimum Gasteiger partial charge on any atom is -0.366 e. The monoisotopic (exact) mass is 519 g/mol. The number of amides is 2. The van der Waals surface area contributed by atoms with Crippen LogP contribution in [0.2, 0.25) is 0 Å². The minimum absolute atomic E-state index is 0.0501. The van der Waals surface area contributed by atoms with Gasteiger partial charge in [-0.05, 0) is 60.4 Å². The van der Waals surface area contributed by atoms with Crippen LogP contribution in [0, 0.1) is 5.92 Å². The highest BCUT2D eigenvalue weighted by atomic mass is 127. The van der Waals surface area contributed by atoms with Gasteiger partial charge in [0.1, 0.15) is 0 Å². The number of benzene rings is 2. The number of nitrogens with two attached hydrogens (primary N) is 1. The number of carbonyl (C=O) groups excluding carboxylic acids is 2. The minimum atomic E-state index is -0.530. The molecule has 30 heavy (non-hydrogen) atoms. The number of piperidine rings is 1. The fourth-order valence-corrected chi connectivity index (χ4v) is 4.42. The van der Waals surface area contributed by atoms with Gasteiger partial charge in [-0.2, -0.15) is 0 Å². The van der Waals surface area contributed by atoms with Crippen molar-refractivity contribution in [2.24, 2.45) is 11.7 Å². The maximum absolute atomic E-state index is 12.8. The number of halogens is 1. The van der Waals surface area contributed by atoms with Gasteiger partial charge in [-0.25, -0.2) is 0 Å². The van der Waals surface area contributed by atoms with Crippen molar-refractivity contribution in [3.8, 4) is 0 Å². The van der Waals surface area contributed by atoms with E-state index in [2.05, 4.69) is 57.8 Å². The van der Waals surface area contributed by atoms with Gasteiger partial charge in [0.15, 0.2) is 0 Å². The predicted molar refractivity (Wildman–Crippen MR) is 129 cm³/mol. The topological polar surface area (TPSA) is 66.6 Å². The van der Waals surface area contributed by atoms with Crippen molar-refractivity contribution in [2.45, 2.75) is 32.4 Å². The fraction of sp³-hybridized carbons (Fsp3) is 0.417. The summed E-state index contributed by atoms with van der Waals surface area (Å²) in [5.41, 5.74) is 8.58. The molecular formula is C24H30IN3O2. The summed E-state index contributed by atoms with van der Waals surface area (Å²) < 4.78 is 0. The summed E-state index contributed by atoms with van der Waals surface area (Å²) in [7, 11) is 0. The SMILES string of the molecule is CI.NC(=O)c1cccc2c1C(=O)N(CCC1CCN(Cc3ccccc3)CC1)C2. The number of hydrogen-bond donors (Lipinski definition) is 1. The van der Waals surface area contributed by atoms with Crippen LogP contribution in [0.4, 0.5) is 0 Å². The predicted octanol–water partition coefficient (Wildman–Crippen LogP) is 4.09. The zero-order valence-electron chi connectivity index (χ0n) is 17.5. The highest BCUT2D eigenvalue weighted by Crippen LogP contribution is 2.28. The van der Waals surface area contributed by atoms with Crippen molar-refractivity contribution in [3.63, 3.8) is 0 Å². The van der Waals surface area contributed by atoms with Gasteiger partial charge in [0, 0.05) is 19.6 Å². The van der Waals surface area contributed by atoms with Gasteiger partial charge in [-0.3, -0.25) is 14.5 Å². The first kappa shape index (κ1) is 22.7. The summed E-state index contributed by atoms with van der Waals surface area (Å²) in [5, 5.41) is 0. The van der Waals surface area contributed by atoms with Crippen LogP contribution in [0.1, 0.15) is 51.1 Å². The molecule has 2 N–H and O–H groups in total. The summed E-state index contributed by atoms with van der Waals surface area (Å²) >= 11 is 2.15. The molecule has 2 amide bonds. The zero-order chi connectivity index (χ0) is 21.5. The van der Waals surface area contributed by atoms with E-state index in [0.29, 0.717) is 23.6 Å². The highest BCUT2D eigenvalue weighted by molar-refractivity contribution is 14.1. The molecule has 5 nitrogen and oxygen atoms in total. The average molecular weight is 519 g/mol. The molecule has 2 aromatic rings. The van der Waals surface area contributed by atoms with E-state index >= 15 is 0 Å². The third kappa shape index (κ3) is 5.40. The molecule has 0 atom stereocenters. The van der Waals surface area contributed by atoms with Crippen LogP contribution in [-0.2, 0) is 13.1 Å². The summed E-state index contributed by atoms with van der Waals surface area (Å²) in [6, 6.07) is 16.0. The van der Waals surface area contributed by atoms with E-state index in [-0.39, 0.29) is 5.91 Å². The van der Waals surface area contributed by atoms with Crippen LogP contribution in [0.5, 0.6) is 0 Å². The molecule has 0 spiro atoms. The molecule has 2 heterocycles. The molecule has 0 aliphatic carbocycles. The summed E-state index contributed by atoms with van der Waals surface area (Å²) in [6.45, 7) is 4.57. The number of nitrogens with zero attached hydrogens (tertiary/aromatic N) is 2. The van der Waals surface area contributed by atoms with Crippen molar-refractivity contribution in [1.82, 2.24) is 9.80 Å². The maximum atomic E-state index is 12.8. The first-order chi connectivity index (χ1) is 14.6. The quantitative estimate of drug-likeness (QED) is 0.462. The molecule has 4 rings (SSSR count). The Hall–Kier alpha value is -1.93. The van der Waals surface area contributed by atoms with Gasteiger partial charge in [-0.1, -0.05) is 65.1 Å². The number of hydrogen-bond acceptors (Lipinski definition) is 3. The van der Waals surface area contributed by atoms with Crippen LogP contribution in [-0.4, -0.2) is 46.2 Å². The molecule has 2 aliphatic heterocycles. The second-order valence-corrected chi connectivity index (χ2v) is 7.92. The fourth-order valence-electron chi connectivity index (χ4n) is 4.42. The van der Waals surface area contributed by atoms with E-state index in [9.17, 15) is 9.59 Å². The molecule has 0 radical (unpaired) electrons. The average Bonchev–Trinajstić information content (AvgIpc) is 3.11. The largest absolute Gasteiger partial charge is 0.366 e. The Kier molecular flexibility index (Phi) is 8.27. The summed E-state index contributed by atoms with van der Waals surface area (Å²) in [5.74, 6) is 0.0721. The Morgan fingerprint density at radius 3 is 2.43 bits per heavy atom. The smallest absolute Gasteiger partial charge is 0.255 e. The van der Waals surface area contributed by atoms with Gasteiger partial charge >= 0.3 is 0 Å². The Morgan fingerprint density at radius 1 is 1.07 bits per heavy atom. The molecule has 1 saturated heterocycles. The maximum Gasteiger partial charge on any atom is 0.255 e. The van der Waals surface area contributed by atoms with E-state index in [1.165, 1.54) is 18.4 Å². The van der Waals surface area contributed by atoms with Gasteiger partial charge in [-0.15, -0.1) is 0 Å². The van der Waals surface area contributed by atoms with Crippen LogP contribution in [0.25, 0.3) is 0 Å². The standard InChI is InChI=1S/C23H27N3O2.CH3I/c24-22(27)20-8-4-7-19-16-26(23(28)21(19)20)14-11-17-9-12-25(13-10-17)15-18-5-2-1-3-6-18;1-2/h1-8,17H,9-16H2,(H2,24,27);1H3. The lowest BCUT2D eigenvalue weighted by Gasteiger charge is -2.32. The lowest BCUT2D eigenvalue weighted by atomic mass is 9.93. The van der Waals surface area contributed by atoms with Crippen molar-refractivity contribution in [1.29, 1.82) is 0 Å². The molecule has 2 aliphatic rings. The van der Waals surface area contributed by atoms with Gasteiger partial charge < -0.3 is 10.6 Å². The lowest BCUT2D eigenvalue weighted by Crippen LogP contribution is -2.35. The van der Waals surface area contributed by atoms with Crippen LogP contribution < -0.4 is 5.73 Å². The van der Waals surface area contributed by atoms with Crippen molar-refractivity contribution in [2.75, 3.05) is 24.6 Å². The number of primary amides is 1.